The molecule has 0 atom stereocenters. The monoisotopic (exact) mass is 172 g/mol. The fraction of sp³-hybridized carbons (Fsp3) is 0.500. The molecule has 0 radical (unpaired) electrons. The standard InChI is InChI=1S/C8H12O2S/c1-2-9-5-6-10-8-4-3-7-11-8/h3-4,7H,2,5-6H2,1H3. The van der Waals surface area contributed by atoms with Gasteiger partial charge in [-0.25, -0.2) is 0 Å². The van der Waals surface area contributed by atoms with Crippen molar-refractivity contribution in [2.75, 3.05) is 19.8 Å². The average molecular weight is 172 g/mol. The highest BCUT2D eigenvalue weighted by molar-refractivity contribution is 7.11. The van der Waals surface area contributed by atoms with Crippen LogP contribution in [0.1, 0.15) is 6.92 Å². The summed E-state index contributed by atoms with van der Waals surface area (Å²) in [4.78, 5) is 0. The summed E-state index contributed by atoms with van der Waals surface area (Å²) in [5.74, 6) is 0. The van der Waals surface area contributed by atoms with Gasteiger partial charge in [0.2, 0.25) is 0 Å². The molecule has 0 bridgehead atoms. The van der Waals surface area contributed by atoms with Gasteiger partial charge in [0.25, 0.3) is 0 Å². The predicted molar refractivity (Wildman–Crippen MR) is 46.3 cm³/mol. The molecular weight excluding hydrogens is 160 g/mol. The Labute approximate surface area is 70.8 Å². The number of rotatable bonds is 5. The Bertz CT molecular complexity index is 172. The molecule has 1 heterocycles. The first-order valence-corrected chi connectivity index (χ1v) is 4.55. The molecule has 0 N–H and O–H groups in total. The molecule has 1 aromatic rings. The normalized spacial score (nSPS) is 9.91. The Morgan fingerprint density at radius 3 is 3.00 bits per heavy atom. The smallest absolute Gasteiger partial charge is 0.173 e. The fourth-order valence-corrected chi connectivity index (χ4v) is 1.29. The van der Waals surface area contributed by atoms with Crippen LogP contribution in [0.4, 0.5) is 0 Å². The van der Waals surface area contributed by atoms with Crippen molar-refractivity contribution in [3.8, 4) is 5.06 Å². The summed E-state index contributed by atoms with van der Waals surface area (Å²) >= 11 is 1.60. The lowest BCUT2D eigenvalue weighted by atomic mass is 10.6. The van der Waals surface area contributed by atoms with E-state index in [9.17, 15) is 0 Å². The summed E-state index contributed by atoms with van der Waals surface area (Å²) in [5.41, 5.74) is 0. The van der Waals surface area contributed by atoms with Crippen molar-refractivity contribution in [3.63, 3.8) is 0 Å². The molecule has 0 saturated carbocycles. The molecule has 1 aromatic heterocycles. The van der Waals surface area contributed by atoms with Gasteiger partial charge in [-0.1, -0.05) is 0 Å². The molecule has 0 fully saturated rings. The summed E-state index contributed by atoms with van der Waals surface area (Å²) in [5, 5.41) is 2.96. The van der Waals surface area contributed by atoms with Gasteiger partial charge in [-0.15, -0.1) is 11.3 Å². The van der Waals surface area contributed by atoms with Crippen LogP contribution in [0.2, 0.25) is 0 Å². The first kappa shape index (κ1) is 8.56. The third-order valence-corrected chi connectivity index (χ3v) is 1.95. The van der Waals surface area contributed by atoms with Gasteiger partial charge in [0, 0.05) is 6.61 Å². The third-order valence-electron chi connectivity index (χ3n) is 1.17. The third kappa shape index (κ3) is 3.39. The van der Waals surface area contributed by atoms with Gasteiger partial charge >= 0.3 is 0 Å². The number of ether oxygens (including phenoxy) is 2. The summed E-state index contributed by atoms with van der Waals surface area (Å²) in [6.07, 6.45) is 0. The van der Waals surface area contributed by atoms with Gasteiger partial charge in [-0.2, -0.15) is 0 Å². The van der Waals surface area contributed by atoms with Gasteiger partial charge in [-0.05, 0) is 24.4 Å². The molecule has 62 valence electrons. The van der Waals surface area contributed by atoms with Crippen molar-refractivity contribution in [1.29, 1.82) is 0 Å². The van der Waals surface area contributed by atoms with Crippen molar-refractivity contribution in [1.82, 2.24) is 0 Å². The van der Waals surface area contributed by atoms with Crippen molar-refractivity contribution < 1.29 is 9.47 Å². The van der Waals surface area contributed by atoms with Crippen molar-refractivity contribution in [2.24, 2.45) is 0 Å². The van der Waals surface area contributed by atoms with E-state index in [0.717, 1.165) is 11.7 Å². The van der Waals surface area contributed by atoms with Crippen molar-refractivity contribution >= 4 is 11.3 Å². The highest BCUT2D eigenvalue weighted by Crippen LogP contribution is 2.17. The molecular formula is C8H12O2S. The van der Waals surface area contributed by atoms with E-state index in [0.29, 0.717) is 13.2 Å². The lowest BCUT2D eigenvalue weighted by molar-refractivity contribution is 0.111. The van der Waals surface area contributed by atoms with Gasteiger partial charge in [0.15, 0.2) is 5.06 Å². The number of hydrogen-bond donors (Lipinski definition) is 0. The zero-order chi connectivity index (χ0) is 7.94. The first-order valence-electron chi connectivity index (χ1n) is 3.67. The Morgan fingerprint density at radius 1 is 1.45 bits per heavy atom. The maximum atomic E-state index is 5.34. The molecule has 3 heteroatoms. The predicted octanol–water partition coefficient (Wildman–Crippen LogP) is 2.16. The van der Waals surface area contributed by atoms with Crippen LogP contribution in [0, 0.1) is 0 Å². The second-order valence-electron chi connectivity index (χ2n) is 1.98. The Hall–Kier alpha value is -0.540. The summed E-state index contributed by atoms with van der Waals surface area (Å²) < 4.78 is 10.5. The molecule has 0 aliphatic rings. The molecule has 0 amide bonds. The van der Waals surface area contributed by atoms with Crippen molar-refractivity contribution in [3.05, 3.63) is 17.5 Å². The van der Waals surface area contributed by atoms with Gasteiger partial charge < -0.3 is 9.47 Å². The lowest BCUT2D eigenvalue weighted by Crippen LogP contribution is -2.05. The molecule has 1 rings (SSSR count). The topological polar surface area (TPSA) is 18.5 Å². The second kappa shape index (κ2) is 5.16. The van der Waals surface area contributed by atoms with Crippen LogP contribution < -0.4 is 4.74 Å². The minimum Gasteiger partial charge on any atom is -0.482 e. The maximum Gasteiger partial charge on any atom is 0.173 e. The molecule has 0 aromatic carbocycles. The molecule has 11 heavy (non-hydrogen) atoms. The number of thiophene rings is 1. The van der Waals surface area contributed by atoms with Gasteiger partial charge in [0.1, 0.15) is 6.61 Å². The van der Waals surface area contributed by atoms with Crippen LogP contribution in [-0.4, -0.2) is 19.8 Å². The van der Waals surface area contributed by atoms with Crippen LogP contribution in [0.5, 0.6) is 5.06 Å². The van der Waals surface area contributed by atoms with E-state index in [1.54, 1.807) is 11.3 Å². The van der Waals surface area contributed by atoms with E-state index in [-0.39, 0.29) is 0 Å². The van der Waals surface area contributed by atoms with Crippen molar-refractivity contribution in [2.45, 2.75) is 6.92 Å². The second-order valence-corrected chi connectivity index (χ2v) is 2.89. The lowest BCUT2D eigenvalue weighted by Gasteiger charge is -2.01. The molecule has 0 spiro atoms. The van der Waals surface area contributed by atoms with Crippen LogP contribution in [-0.2, 0) is 4.74 Å². The zero-order valence-corrected chi connectivity index (χ0v) is 7.39. The first-order chi connectivity index (χ1) is 5.43. The average Bonchev–Trinajstić information content (AvgIpc) is 2.50. The Kier molecular flexibility index (Phi) is 4.01. The molecule has 0 saturated heterocycles. The number of hydrogen-bond acceptors (Lipinski definition) is 3. The van der Waals surface area contributed by atoms with Crippen LogP contribution >= 0.6 is 11.3 Å². The summed E-state index contributed by atoms with van der Waals surface area (Å²) in [7, 11) is 0. The Balaban J connectivity index is 2.04. The quantitative estimate of drug-likeness (QED) is 0.634. The zero-order valence-electron chi connectivity index (χ0n) is 6.58. The molecule has 0 aliphatic carbocycles. The van der Waals surface area contributed by atoms with E-state index in [4.69, 9.17) is 9.47 Å². The van der Waals surface area contributed by atoms with E-state index < -0.39 is 0 Å². The minimum atomic E-state index is 0.647. The van der Waals surface area contributed by atoms with Gasteiger partial charge in [0.05, 0.1) is 6.61 Å². The SMILES string of the molecule is CCOCCOc1cccs1. The largest absolute Gasteiger partial charge is 0.482 e. The van der Waals surface area contributed by atoms with Crippen LogP contribution in [0.15, 0.2) is 17.5 Å². The molecule has 0 aliphatic heterocycles. The highest BCUT2D eigenvalue weighted by Gasteiger charge is 1.91. The van der Waals surface area contributed by atoms with Crippen LogP contribution in [0.3, 0.4) is 0 Å². The minimum absolute atomic E-state index is 0.647. The maximum absolute atomic E-state index is 5.34. The van der Waals surface area contributed by atoms with Crippen LogP contribution in [0.25, 0.3) is 0 Å². The van der Waals surface area contributed by atoms with E-state index >= 15 is 0 Å². The van der Waals surface area contributed by atoms with E-state index in [2.05, 4.69) is 0 Å². The van der Waals surface area contributed by atoms with Gasteiger partial charge in [-0.3, -0.25) is 0 Å². The summed E-state index contributed by atoms with van der Waals surface area (Å²) in [6.45, 7) is 4.06. The van der Waals surface area contributed by atoms with E-state index in [1.807, 2.05) is 24.4 Å². The summed E-state index contributed by atoms with van der Waals surface area (Å²) in [6, 6.07) is 3.93. The molecule has 0 unspecified atom stereocenters. The highest BCUT2D eigenvalue weighted by atomic mass is 32.1. The van der Waals surface area contributed by atoms with E-state index in [1.165, 1.54) is 0 Å². The molecule has 2 nitrogen and oxygen atoms in total. The fourth-order valence-electron chi connectivity index (χ4n) is 0.691. The Morgan fingerprint density at radius 2 is 2.36 bits per heavy atom.